The fraction of sp³-hybridized carbons (Fsp3) is 0.182. The van der Waals surface area contributed by atoms with Crippen LogP contribution >= 0.6 is 0 Å². The monoisotopic (exact) mass is 284 g/mol. The Kier molecular flexibility index (Phi) is 3.11. The molecule has 0 heteroatoms. The van der Waals surface area contributed by atoms with Crippen LogP contribution < -0.4 is 0 Å². The van der Waals surface area contributed by atoms with E-state index in [-0.39, 0.29) is 0 Å². The summed E-state index contributed by atoms with van der Waals surface area (Å²) < 4.78 is 0. The third-order valence-electron chi connectivity index (χ3n) is 4.94. The van der Waals surface area contributed by atoms with E-state index >= 15 is 0 Å². The van der Waals surface area contributed by atoms with Crippen molar-refractivity contribution >= 4 is 0 Å². The Morgan fingerprint density at radius 1 is 0.636 bits per heavy atom. The van der Waals surface area contributed by atoms with E-state index in [0.29, 0.717) is 5.92 Å². The van der Waals surface area contributed by atoms with Crippen molar-refractivity contribution in [3.05, 3.63) is 106 Å². The van der Waals surface area contributed by atoms with Crippen molar-refractivity contribution in [2.24, 2.45) is 0 Å². The van der Waals surface area contributed by atoms with Gasteiger partial charge in [-0.3, -0.25) is 0 Å². The Labute approximate surface area is 132 Å². The number of hydrogen-bond donors (Lipinski definition) is 0. The van der Waals surface area contributed by atoms with Gasteiger partial charge in [-0.05, 0) is 59.2 Å². The summed E-state index contributed by atoms with van der Waals surface area (Å²) in [6.45, 7) is 4.48. The molecule has 108 valence electrons. The minimum absolute atomic E-state index is 0.363. The van der Waals surface area contributed by atoms with E-state index in [2.05, 4.69) is 80.6 Å². The molecule has 22 heavy (non-hydrogen) atoms. The molecule has 0 N–H and O–H groups in total. The molecule has 0 saturated carbocycles. The molecule has 0 aliphatic heterocycles. The summed E-state index contributed by atoms with van der Waals surface area (Å²) in [7, 11) is 0. The van der Waals surface area contributed by atoms with Gasteiger partial charge in [0.1, 0.15) is 0 Å². The lowest BCUT2D eigenvalue weighted by atomic mass is 9.73. The van der Waals surface area contributed by atoms with Gasteiger partial charge in [0.2, 0.25) is 0 Å². The van der Waals surface area contributed by atoms with E-state index < -0.39 is 0 Å². The molecular formula is C22H20. The number of benzene rings is 3. The first kappa shape index (κ1) is 13.3. The first-order valence-electron chi connectivity index (χ1n) is 7.97. The zero-order valence-corrected chi connectivity index (χ0v) is 13.1. The summed E-state index contributed by atoms with van der Waals surface area (Å²) in [6.07, 6.45) is 1.05. The van der Waals surface area contributed by atoms with Crippen molar-refractivity contribution in [2.45, 2.75) is 26.2 Å². The topological polar surface area (TPSA) is 0 Å². The van der Waals surface area contributed by atoms with Gasteiger partial charge in [-0.15, -0.1) is 0 Å². The van der Waals surface area contributed by atoms with Gasteiger partial charge in [-0.1, -0.05) is 66.7 Å². The fourth-order valence-corrected chi connectivity index (χ4v) is 3.92. The van der Waals surface area contributed by atoms with Crippen LogP contribution in [-0.2, 0) is 6.42 Å². The molecule has 0 fully saturated rings. The molecule has 3 aromatic carbocycles. The molecule has 1 aliphatic carbocycles. The molecule has 0 saturated heterocycles. The molecule has 1 aliphatic rings. The summed E-state index contributed by atoms with van der Waals surface area (Å²) in [4.78, 5) is 0. The first-order valence-corrected chi connectivity index (χ1v) is 7.97. The minimum atomic E-state index is 0.363. The Balaban J connectivity index is 2.03. The smallest absolute Gasteiger partial charge is 0.0350 e. The maximum absolute atomic E-state index is 2.31. The van der Waals surface area contributed by atoms with Crippen LogP contribution in [0, 0.1) is 13.8 Å². The molecule has 0 atom stereocenters. The van der Waals surface area contributed by atoms with Crippen molar-refractivity contribution in [3.8, 4) is 0 Å². The first-order chi connectivity index (χ1) is 10.8. The summed E-state index contributed by atoms with van der Waals surface area (Å²) >= 11 is 0. The van der Waals surface area contributed by atoms with Crippen LogP contribution in [0.25, 0.3) is 0 Å². The van der Waals surface area contributed by atoms with Crippen LogP contribution in [0.5, 0.6) is 0 Å². The SMILES string of the molecule is Cc1cccc(C)c1C1c2ccccc2Cc2ccccc21. The van der Waals surface area contributed by atoms with Crippen molar-refractivity contribution in [3.63, 3.8) is 0 Å². The second-order valence-electron chi connectivity index (χ2n) is 6.31. The second-order valence-corrected chi connectivity index (χ2v) is 6.31. The lowest BCUT2D eigenvalue weighted by Gasteiger charge is -2.31. The molecule has 0 unspecified atom stereocenters. The molecule has 3 aromatic rings. The highest BCUT2D eigenvalue weighted by atomic mass is 14.3. The standard InChI is InChI=1S/C22H20/c1-15-8-7-9-16(2)21(15)22-19-12-5-3-10-17(19)14-18-11-4-6-13-20(18)22/h3-13,22H,14H2,1-2H3. The van der Waals surface area contributed by atoms with Gasteiger partial charge < -0.3 is 0 Å². The van der Waals surface area contributed by atoms with Crippen molar-refractivity contribution in [1.29, 1.82) is 0 Å². The Morgan fingerprint density at radius 2 is 1.14 bits per heavy atom. The third kappa shape index (κ3) is 1.99. The normalized spacial score (nSPS) is 13.5. The molecule has 0 bridgehead atoms. The van der Waals surface area contributed by atoms with Crippen molar-refractivity contribution < 1.29 is 0 Å². The number of fused-ring (bicyclic) bond motifs is 2. The van der Waals surface area contributed by atoms with Crippen LogP contribution in [0.3, 0.4) is 0 Å². The van der Waals surface area contributed by atoms with Crippen LogP contribution in [0.15, 0.2) is 66.7 Å². The predicted molar refractivity (Wildman–Crippen MR) is 92.6 cm³/mol. The zero-order valence-electron chi connectivity index (χ0n) is 13.1. The number of rotatable bonds is 1. The van der Waals surface area contributed by atoms with E-state index in [0.717, 1.165) is 6.42 Å². The number of hydrogen-bond acceptors (Lipinski definition) is 0. The van der Waals surface area contributed by atoms with E-state index in [1.54, 1.807) is 0 Å². The highest BCUT2D eigenvalue weighted by molar-refractivity contribution is 5.57. The van der Waals surface area contributed by atoms with Gasteiger partial charge in [0.15, 0.2) is 0 Å². The Bertz CT molecular complexity index is 776. The molecule has 0 spiro atoms. The molecule has 0 aromatic heterocycles. The zero-order chi connectivity index (χ0) is 15.1. The quantitative estimate of drug-likeness (QED) is 0.440. The molecule has 0 radical (unpaired) electrons. The summed E-state index contributed by atoms with van der Waals surface area (Å²) in [5.41, 5.74) is 10.1. The second kappa shape index (κ2) is 5.14. The highest BCUT2D eigenvalue weighted by Crippen LogP contribution is 2.42. The fourth-order valence-electron chi connectivity index (χ4n) is 3.92. The van der Waals surface area contributed by atoms with Gasteiger partial charge in [0, 0.05) is 5.92 Å². The summed E-state index contributed by atoms with van der Waals surface area (Å²) in [6, 6.07) is 24.5. The lowest BCUT2D eigenvalue weighted by Crippen LogP contribution is -2.16. The molecule has 0 heterocycles. The van der Waals surface area contributed by atoms with Gasteiger partial charge >= 0.3 is 0 Å². The average Bonchev–Trinajstić information content (AvgIpc) is 2.54. The summed E-state index contributed by atoms with van der Waals surface area (Å²) in [5, 5.41) is 0. The lowest BCUT2D eigenvalue weighted by molar-refractivity contribution is 0.870. The van der Waals surface area contributed by atoms with Gasteiger partial charge in [0.05, 0.1) is 0 Å². The average molecular weight is 284 g/mol. The number of aryl methyl sites for hydroxylation is 2. The summed E-state index contributed by atoms with van der Waals surface area (Å²) in [5.74, 6) is 0.363. The van der Waals surface area contributed by atoms with Crippen LogP contribution in [-0.4, -0.2) is 0 Å². The van der Waals surface area contributed by atoms with Gasteiger partial charge in [-0.25, -0.2) is 0 Å². The largest absolute Gasteiger partial charge is 0.0620 e. The maximum Gasteiger partial charge on any atom is 0.0350 e. The van der Waals surface area contributed by atoms with Crippen molar-refractivity contribution in [1.82, 2.24) is 0 Å². The minimum Gasteiger partial charge on any atom is -0.0620 e. The van der Waals surface area contributed by atoms with E-state index in [9.17, 15) is 0 Å². The predicted octanol–water partition coefficient (Wildman–Crippen LogP) is 5.39. The maximum atomic E-state index is 2.31. The van der Waals surface area contributed by atoms with E-state index in [4.69, 9.17) is 0 Å². The van der Waals surface area contributed by atoms with Crippen molar-refractivity contribution in [2.75, 3.05) is 0 Å². The highest BCUT2D eigenvalue weighted by Gasteiger charge is 2.28. The molecular weight excluding hydrogens is 264 g/mol. The van der Waals surface area contributed by atoms with Gasteiger partial charge in [0.25, 0.3) is 0 Å². The van der Waals surface area contributed by atoms with Crippen LogP contribution in [0.2, 0.25) is 0 Å². The van der Waals surface area contributed by atoms with E-state index in [1.165, 1.54) is 38.9 Å². The molecule has 0 nitrogen and oxygen atoms in total. The van der Waals surface area contributed by atoms with Crippen LogP contribution in [0.1, 0.15) is 44.9 Å². The third-order valence-corrected chi connectivity index (χ3v) is 4.94. The molecule has 0 amide bonds. The molecule has 4 rings (SSSR count). The van der Waals surface area contributed by atoms with E-state index in [1.807, 2.05) is 0 Å². The Morgan fingerprint density at radius 3 is 1.68 bits per heavy atom. The van der Waals surface area contributed by atoms with Crippen LogP contribution in [0.4, 0.5) is 0 Å². The van der Waals surface area contributed by atoms with Gasteiger partial charge in [-0.2, -0.15) is 0 Å². The Hall–Kier alpha value is -2.34.